The molecule has 0 saturated heterocycles. The van der Waals surface area contributed by atoms with Crippen LogP contribution in [0, 0.1) is 18.3 Å². The maximum Gasteiger partial charge on any atom is 0.251 e. The lowest BCUT2D eigenvalue weighted by atomic mass is 10.1. The second-order valence-electron chi connectivity index (χ2n) is 5.51. The summed E-state index contributed by atoms with van der Waals surface area (Å²) in [4.78, 5) is 11.9. The zero-order chi connectivity index (χ0) is 16.7. The van der Waals surface area contributed by atoms with E-state index in [0.717, 1.165) is 36.9 Å². The van der Waals surface area contributed by atoms with Gasteiger partial charge in [-0.2, -0.15) is 10.4 Å². The van der Waals surface area contributed by atoms with Crippen LogP contribution in [-0.2, 0) is 6.42 Å². The Balaban J connectivity index is 1.65. The minimum atomic E-state index is -0.0434. The third kappa shape index (κ3) is 4.58. The summed E-state index contributed by atoms with van der Waals surface area (Å²) in [5.74, 6) is 0.214. The van der Waals surface area contributed by atoms with E-state index in [4.69, 9.17) is 11.0 Å². The summed E-state index contributed by atoms with van der Waals surface area (Å²) in [6.07, 6.45) is 3.50. The number of rotatable bonds is 7. The van der Waals surface area contributed by atoms with E-state index in [1.54, 1.807) is 0 Å². The highest BCUT2D eigenvalue weighted by Gasteiger charge is 2.09. The van der Waals surface area contributed by atoms with Crippen molar-refractivity contribution in [2.45, 2.75) is 32.6 Å². The lowest BCUT2D eigenvalue weighted by Gasteiger charge is -2.05. The summed E-state index contributed by atoms with van der Waals surface area (Å²) < 4.78 is 0. The molecule has 6 heteroatoms. The van der Waals surface area contributed by atoms with Crippen molar-refractivity contribution in [3.05, 3.63) is 46.6 Å². The molecule has 0 aliphatic carbocycles. The van der Waals surface area contributed by atoms with Crippen LogP contribution >= 0.6 is 0 Å². The molecule has 23 heavy (non-hydrogen) atoms. The summed E-state index contributed by atoms with van der Waals surface area (Å²) in [6.45, 7) is 2.63. The van der Waals surface area contributed by atoms with Crippen molar-refractivity contribution >= 4 is 11.7 Å². The summed E-state index contributed by atoms with van der Waals surface area (Å²) in [5, 5.41) is 18.5. The largest absolute Gasteiger partial charge is 0.381 e. The number of nitrogen functional groups attached to an aromatic ring is 1. The molecule has 2 rings (SSSR count). The zero-order valence-corrected chi connectivity index (χ0v) is 13.2. The van der Waals surface area contributed by atoms with Crippen molar-refractivity contribution in [3.63, 3.8) is 0 Å². The Morgan fingerprint density at radius 3 is 2.74 bits per heavy atom. The molecule has 2 aromatic rings. The van der Waals surface area contributed by atoms with Crippen LogP contribution in [0.3, 0.4) is 0 Å². The number of unbranched alkanes of at least 4 members (excludes halogenated alkanes) is 2. The number of carbonyl (C=O) groups excluding carboxylic acids is 1. The molecule has 0 unspecified atom stereocenters. The van der Waals surface area contributed by atoms with Crippen LogP contribution in [-0.4, -0.2) is 22.6 Å². The van der Waals surface area contributed by atoms with Gasteiger partial charge in [-0.15, -0.1) is 0 Å². The lowest BCUT2D eigenvalue weighted by molar-refractivity contribution is 0.0953. The highest BCUT2D eigenvalue weighted by molar-refractivity contribution is 5.94. The van der Waals surface area contributed by atoms with Gasteiger partial charge < -0.3 is 11.1 Å². The monoisotopic (exact) mass is 311 g/mol. The normalized spacial score (nSPS) is 10.3. The van der Waals surface area contributed by atoms with E-state index in [-0.39, 0.29) is 11.7 Å². The molecule has 1 amide bonds. The number of nitrogens with zero attached hydrogens (tertiary/aromatic N) is 2. The first-order chi connectivity index (χ1) is 11.1. The van der Waals surface area contributed by atoms with Gasteiger partial charge in [0.1, 0.15) is 11.6 Å². The smallest absolute Gasteiger partial charge is 0.251 e. The summed E-state index contributed by atoms with van der Waals surface area (Å²) in [6, 6.07) is 9.57. The Morgan fingerprint density at radius 2 is 2.04 bits per heavy atom. The van der Waals surface area contributed by atoms with E-state index < -0.39 is 0 Å². The Kier molecular flexibility index (Phi) is 5.75. The van der Waals surface area contributed by atoms with Crippen LogP contribution in [0.5, 0.6) is 0 Å². The predicted molar refractivity (Wildman–Crippen MR) is 88.8 cm³/mol. The van der Waals surface area contributed by atoms with Gasteiger partial charge in [-0.3, -0.25) is 9.89 Å². The maximum absolute atomic E-state index is 11.9. The molecule has 0 spiro atoms. The number of carbonyl (C=O) groups is 1. The second-order valence-corrected chi connectivity index (χ2v) is 5.51. The average Bonchev–Trinajstić information content (AvgIpc) is 2.91. The molecule has 4 N–H and O–H groups in total. The number of aromatic nitrogens is 2. The number of hydrogen-bond acceptors (Lipinski definition) is 4. The van der Waals surface area contributed by atoms with Gasteiger partial charge in [0.05, 0.1) is 5.69 Å². The van der Waals surface area contributed by atoms with E-state index in [2.05, 4.69) is 21.6 Å². The third-order valence-corrected chi connectivity index (χ3v) is 3.68. The first-order valence-electron chi connectivity index (χ1n) is 7.69. The fraction of sp³-hybridized carbons (Fsp3) is 0.353. The molecule has 1 heterocycles. The number of aromatic amines is 1. The van der Waals surface area contributed by atoms with Crippen LogP contribution in [0.15, 0.2) is 24.3 Å². The number of H-pyrrole nitrogens is 1. The van der Waals surface area contributed by atoms with Crippen LogP contribution in [0.1, 0.15) is 46.4 Å². The number of nitrogens with two attached hydrogens (primary N) is 1. The van der Waals surface area contributed by atoms with Gasteiger partial charge in [-0.25, -0.2) is 0 Å². The van der Waals surface area contributed by atoms with Crippen LogP contribution < -0.4 is 11.1 Å². The fourth-order valence-corrected chi connectivity index (χ4v) is 2.31. The van der Waals surface area contributed by atoms with Gasteiger partial charge in [0.15, 0.2) is 5.82 Å². The number of nitriles is 1. The molecule has 0 atom stereocenters. The maximum atomic E-state index is 11.9. The van der Waals surface area contributed by atoms with E-state index in [9.17, 15) is 4.79 Å². The average molecular weight is 311 g/mol. The Labute approximate surface area is 135 Å². The number of benzene rings is 1. The summed E-state index contributed by atoms with van der Waals surface area (Å²) in [5.41, 5.74) is 8.64. The standard InChI is InChI=1S/C17H21N5O/c1-12-6-8-13(9-7-12)17(23)20-10-4-2-3-5-15-14(11-18)16(19)22-21-15/h6-9H,2-5,10H2,1H3,(H,20,23)(H3,19,21,22). The molecule has 1 aromatic carbocycles. The van der Waals surface area contributed by atoms with Crippen molar-refractivity contribution in [2.75, 3.05) is 12.3 Å². The molecule has 6 nitrogen and oxygen atoms in total. The Morgan fingerprint density at radius 1 is 1.30 bits per heavy atom. The van der Waals surface area contributed by atoms with Crippen molar-refractivity contribution < 1.29 is 4.79 Å². The molecular formula is C17H21N5O. The van der Waals surface area contributed by atoms with Gasteiger partial charge in [0.2, 0.25) is 0 Å². The number of anilines is 1. The molecule has 0 aliphatic heterocycles. The summed E-state index contributed by atoms with van der Waals surface area (Å²) >= 11 is 0. The minimum absolute atomic E-state index is 0.0434. The van der Waals surface area contributed by atoms with Crippen molar-refractivity contribution in [1.82, 2.24) is 15.5 Å². The summed E-state index contributed by atoms with van der Waals surface area (Å²) in [7, 11) is 0. The predicted octanol–water partition coefficient (Wildman–Crippen LogP) is 2.31. The first kappa shape index (κ1) is 16.6. The quantitative estimate of drug-likeness (QED) is 0.682. The van der Waals surface area contributed by atoms with Gasteiger partial charge >= 0.3 is 0 Å². The fourth-order valence-electron chi connectivity index (χ4n) is 2.31. The number of hydrogen-bond donors (Lipinski definition) is 3. The van der Waals surface area contributed by atoms with Crippen LogP contribution in [0.25, 0.3) is 0 Å². The van der Waals surface area contributed by atoms with Crippen LogP contribution in [0.4, 0.5) is 5.82 Å². The number of nitrogens with one attached hydrogen (secondary N) is 2. The number of amides is 1. The molecule has 1 aromatic heterocycles. The Bertz CT molecular complexity index is 697. The third-order valence-electron chi connectivity index (χ3n) is 3.68. The molecule has 0 saturated carbocycles. The van der Waals surface area contributed by atoms with Gasteiger partial charge in [-0.1, -0.05) is 24.1 Å². The van der Waals surface area contributed by atoms with Gasteiger partial charge in [0, 0.05) is 12.1 Å². The van der Waals surface area contributed by atoms with Crippen LogP contribution in [0.2, 0.25) is 0 Å². The molecule has 0 fully saturated rings. The minimum Gasteiger partial charge on any atom is -0.381 e. The molecule has 120 valence electrons. The molecule has 0 bridgehead atoms. The Hall–Kier alpha value is -2.81. The van der Waals surface area contributed by atoms with Crippen molar-refractivity contribution in [1.29, 1.82) is 5.26 Å². The van der Waals surface area contributed by atoms with E-state index >= 15 is 0 Å². The van der Waals surface area contributed by atoms with Gasteiger partial charge in [0.25, 0.3) is 5.91 Å². The van der Waals surface area contributed by atoms with E-state index in [0.29, 0.717) is 17.7 Å². The molecular weight excluding hydrogens is 290 g/mol. The number of aryl methyl sites for hydroxylation is 2. The lowest BCUT2D eigenvalue weighted by Crippen LogP contribution is -2.24. The highest BCUT2D eigenvalue weighted by Crippen LogP contribution is 2.14. The zero-order valence-electron chi connectivity index (χ0n) is 13.2. The van der Waals surface area contributed by atoms with E-state index in [1.165, 1.54) is 0 Å². The molecule has 0 aliphatic rings. The van der Waals surface area contributed by atoms with E-state index in [1.807, 2.05) is 31.2 Å². The highest BCUT2D eigenvalue weighted by atomic mass is 16.1. The van der Waals surface area contributed by atoms with Gasteiger partial charge in [-0.05, 0) is 38.3 Å². The first-order valence-corrected chi connectivity index (χ1v) is 7.69. The second kappa shape index (κ2) is 7.99. The topological polar surface area (TPSA) is 108 Å². The SMILES string of the molecule is Cc1ccc(C(=O)NCCCCCc2[nH]nc(N)c2C#N)cc1. The van der Waals surface area contributed by atoms with Crippen molar-refractivity contribution in [2.24, 2.45) is 0 Å². The molecule has 0 radical (unpaired) electrons. The van der Waals surface area contributed by atoms with Crippen molar-refractivity contribution in [3.8, 4) is 6.07 Å².